The molecule has 1 rings (SSSR count). The normalized spacial score (nSPS) is 46.9. The minimum Gasteiger partial charge on any atom is -0.120 e. The lowest BCUT2D eigenvalue weighted by atomic mass is 9.74. The van der Waals surface area contributed by atoms with E-state index in [0.717, 1.165) is 29.6 Å². The zero-order valence-corrected chi connectivity index (χ0v) is 11.0. The van der Waals surface area contributed by atoms with Gasteiger partial charge in [0.1, 0.15) is 0 Å². The summed E-state index contributed by atoms with van der Waals surface area (Å²) in [7, 11) is 0. The van der Waals surface area contributed by atoms with Crippen LogP contribution in [0.2, 0.25) is 0 Å². The third kappa shape index (κ3) is 2.39. The Labute approximate surface area is 95.8 Å². The number of hydrogen-bond donors (Lipinski definition) is 0. The van der Waals surface area contributed by atoms with Crippen LogP contribution in [-0.4, -0.2) is 0 Å². The minimum atomic E-state index is 0.507. The molecule has 0 aliphatic heterocycles. The molecule has 6 unspecified atom stereocenters. The summed E-state index contributed by atoms with van der Waals surface area (Å²) in [5, 5.41) is 0. The number of hydrogen-bond acceptors (Lipinski definition) is 0. The lowest BCUT2D eigenvalue weighted by Gasteiger charge is -2.30. The molecule has 0 heterocycles. The zero-order valence-electron chi connectivity index (χ0n) is 11.0. The first-order valence-electron chi connectivity index (χ1n) is 6.49. The zero-order chi connectivity index (χ0) is 11.6. The monoisotopic (exact) mass is 206 g/mol. The molecule has 0 saturated heterocycles. The smallest absolute Gasteiger partial charge is 0.0233 e. The van der Waals surface area contributed by atoms with E-state index < -0.39 is 0 Å². The van der Waals surface area contributed by atoms with Crippen LogP contribution in [0.5, 0.6) is 0 Å². The van der Waals surface area contributed by atoms with Gasteiger partial charge in [-0.2, -0.15) is 0 Å². The Morgan fingerprint density at radius 2 is 1.67 bits per heavy atom. The van der Waals surface area contributed by atoms with E-state index in [9.17, 15) is 0 Å². The Morgan fingerprint density at radius 3 is 2.13 bits per heavy atom. The van der Waals surface area contributed by atoms with Crippen molar-refractivity contribution >= 4 is 0 Å². The van der Waals surface area contributed by atoms with Crippen LogP contribution in [0.15, 0.2) is 0 Å². The summed E-state index contributed by atoms with van der Waals surface area (Å²) in [5.41, 5.74) is 0. The third-order valence-corrected chi connectivity index (χ3v) is 5.06. The second-order valence-electron chi connectivity index (χ2n) is 5.64. The van der Waals surface area contributed by atoms with Crippen molar-refractivity contribution in [3.05, 3.63) is 0 Å². The molecule has 86 valence electrons. The quantitative estimate of drug-likeness (QED) is 0.445. The van der Waals surface area contributed by atoms with Gasteiger partial charge in [0.05, 0.1) is 0 Å². The van der Waals surface area contributed by atoms with Crippen LogP contribution in [0.25, 0.3) is 0 Å². The second-order valence-corrected chi connectivity index (χ2v) is 5.64. The Hall–Kier alpha value is -0.440. The molecule has 0 aromatic heterocycles. The Morgan fingerprint density at radius 1 is 1.07 bits per heavy atom. The second kappa shape index (κ2) is 5.06. The van der Waals surface area contributed by atoms with Crippen LogP contribution in [0, 0.1) is 47.9 Å². The molecule has 1 aliphatic carbocycles. The van der Waals surface area contributed by atoms with Gasteiger partial charge in [-0.1, -0.05) is 41.0 Å². The number of terminal acetylenes is 1. The maximum atomic E-state index is 5.70. The topological polar surface area (TPSA) is 0 Å². The molecule has 0 N–H and O–H groups in total. The van der Waals surface area contributed by atoms with Gasteiger partial charge >= 0.3 is 0 Å². The van der Waals surface area contributed by atoms with E-state index in [1.807, 2.05) is 0 Å². The van der Waals surface area contributed by atoms with E-state index in [1.54, 1.807) is 0 Å². The predicted octanol–water partition coefficient (Wildman–Crippen LogP) is 4.21. The fraction of sp³-hybridized carbons (Fsp3) is 0.867. The largest absolute Gasteiger partial charge is 0.120 e. The van der Waals surface area contributed by atoms with E-state index >= 15 is 0 Å². The molecule has 0 spiro atoms. The average molecular weight is 206 g/mol. The van der Waals surface area contributed by atoms with E-state index in [-0.39, 0.29) is 0 Å². The summed E-state index contributed by atoms with van der Waals surface area (Å²) < 4.78 is 0. The highest BCUT2D eigenvalue weighted by molar-refractivity contribution is 5.01. The molecular formula is C15H26. The minimum absolute atomic E-state index is 0.507. The highest BCUT2D eigenvalue weighted by atomic mass is 14.4. The molecule has 0 radical (unpaired) electrons. The number of rotatable bonds is 1. The maximum Gasteiger partial charge on any atom is 0.0233 e. The molecule has 1 fully saturated rings. The van der Waals surface area contributed by atoms with Gasteiger partial charge in [0.25, 0.3) is 0 Å². The highest BCUT2D eigenvalue weighted by Crippen LogP contribution is 2.43. The summed E-state index contributed by atoms with van der Waals surface area (Å²) in [4.78, 5) is 0. The van der Waals surface area contributed by atoms with Crippen molar-refractivity contribution in [2.45, 2.75) is 47.5 Å². The van der Waals surface area contributed by atoms with E-state index in [4.69, 9.17) is 6.42 Å². The molecule has 0 bridgehead atoms. The van der Waals surface area contributed by atoms with Crippen LogP contribution in [0.3, 0.4) is 0 Å². The first-order chi connectivity index (χ1) is 7.02. The summed E-state index contributed by atoms with van der Waals surface area (Å²) in [6.07, 6.45) is 8.17. The standard InChI is InChI=1S/C15H26/c1-7-14-9-10(3)11(4)12(5)13(6)15(14)8-2/h1,10-15H,8-9H2,2-6H3. The maximum absolute atomic E-state index is 5.70. The molecule has 0 nitrogen and oxygen atoms in total. The first-order valence-corrected chi connectivity index (χ1v) is 6.49. The van der Waals surface area contributed by atoms with Crippen molar-refractivity contribution in [2.24, 2.45) is 35.5 Å². The van der Waals surface area contributed by atoms with E-state index in [1.165, 1.54) is 12.8 Å². The predicted molar refractivity (Wildman–Crippen MR) is 67.4 cm³/mol. The highest BCUT2D eigenvalue weighted by Gasteiger charge is 2.36. The average Bonchev–Trinajstić information content (AvgIpc) is 2.31. The van der Waals surface area contributed by atoms with Crippen molar-refractivity contribution in [1.29, 1.82) is 0 Å². The van der Waals surface area contributed by atoms with Gasteiger partial charge in [-0.25, -0.2) is 0 Å². The van der Waals surface area contributed by atoms with Crippen LogP contribution >= 0.6 is 0 Å². The molecule has 0 aromatic carbocycles. The summed E-state index contributed by atoms with van der Waals surface area (Å²) in [5.74, 6) is 7.46. The van der Waals surface area contributed by atoms with Crippen molar-refractivity contribution in [2.75, 3.05) is 0 Å². The first kappa shape index (κ1) is 12.6. The molecule has 1 saturated carbocycles. The van der Waals surface area contributed by atoms with Gasteiger partial charge in [-0.3, -0.25) is 0 Å². The van der Waals surface area contributed by atoms with Gasteiger partial charge in [-0.15, -0.1) is 12.3 Å². The molecule has 0 heteroatoms. The van der Waals surface area contributed by atoms with E-state index in [0.29, 0.717) is 5.92 Å². The molecule has 1 aliphatic rings. The lowest BCUT2D eigenvalue weighted by molar-refractivity contribution is 0.190. The van der Waals surface area contributed by atoms with Crippen molar-refractivity contribution < 1.29 is 0 Å². The summed E-state index contributed by atoms with van der Waals surface area (Å²) in [6, 6.07) is 0. The Bertz CT molecular complexity index is 235. The molecular weight excluding hydrogens is 180 g/mol. The van der Waals surface area contributed by atoms with Crippen LogP contribution in [0.4, 0.5) is 0 Å². The molecule has 0 aromatic rings. The van der Waals surface area contributed by atoms with Gasteiger partial charge in [0.2, 0.25) is 0 Å². The van der Waals surface area contributed by atoms with Gasteiger partial charge in [0.15, 0.2) is 0 Å². The lowest BCUT2D eigenvalue weighted by Crippen LogP contribution is -2.24. The fourth-order valence-electron chi connectivity index (χ4n) is 3.39. The SMILES string of the molecule is C#CC1CC(C)C(C)C(C)C(C)C1CC. The van der Waals surface area contributed by atoms with Gasteiger partial charge in [-0.05, 0) is 36.0 Å². The van der Waals surface area contributed by atoms with Crippen molar-refractivity contribution in [3.8, 4) is 12.3 Å². The van der Waals surface area contributed by atoms with Gasteiger partial charge < -0.3 is 0 Å². The Balaban J connectivity index is 2.93. The molecule has 15 heavy (non-hydrogen) atoms. The van der Waals surface area contributed by atoms with Crippen LogP contribution < -0.4 is 0 Å². The molecule has 0 amide bonds. The molecule has 6 atom stereocenters. The third-order valence-electron chi connectivity index (χ3n) is 5.06. The summed E-state index contributed by atoms with van der Waals surface area (Å²) in [6.45, 7) is 11.9. The fourth-order valence-corrected chi connectivity index (χ4v) is 3.39. The Kier molecular flexibility index (Phi) is 4.26. The van der Waals surface area contributed by atoms with Gasteiger partial charge in [0, 0.05) is 5.92 Å². The van der Waals surface area contributed by atoms with E-state index in [2.05, 4.69) is 40.5 Å². The van der Waals surface area contributed by atoms with Crippen LogP contribution in [0.1, 0.15) is 47.5 Å². The summed E-state index contributed by atoms with van der Waals surface area (Å²) >= 11 is 0. The van der Waals surface area contributed by atoms with Crippen LogP contribution in [-0.2, 0) is 0 Å². The van der Waals surface area contributed by atoms with Crippen molar-refractivity contribution in [1.82, 2.24) is 0 Å². The van der Waals surface area contributed by atoms with Crippen molar-refractivity contribution in [3.63, 3.8) is 0 Å².